The lowest BCUT2D eigenvalue weighted by atomic mass is 10.0. The van der Waals surface area contributed by atoms with Gasteiger partial charge in [-0.15, -0.1) is 0 Å². The highest BCUT2D eigenvalue weighted by Crippen LogP contribution is 2.40. The Morgan fingerprint density at radius 3 is 2.73 bits per heavy atom. The molecule has 2 atom stereocenters. The van der Waals surface area contributed by atoms with Crippen LogP contribution in [0, 0.1) is 11.3 Å². The van der Waals surface area contributed by atoms with Crippen LogP contribution in [-0.4, -0.2) is 57.9 Å². The highest BCUT2D eigenvalue weighted by atomic mass is 16.5. The molecule has 2 heterocycles. The maximum Gasteiger partial charge on any atom is 0.132 e. The Balaban J connectivity index is 1.29. The SMILES string of the molecule is CC(CC1CC1)N1CCN(c2cc(C(=N)c3cc(OC4(C)CC4)ccc3N)ncn2)CC1C. The van der Waals surface area contributed by atoms with Crippen molar-refractivity contribution in [3.05, 3.63) is 41.9 Å². The number of piperazine rings is 1. The van der Waals surface area contributed by atoms with E-state index in [1.54, 1.807) is 6.33 Å². The van der Waals surface area contributed by atoms with Crippen LogP contribution < -0.4 is 15.4 Å². The maximum atomic E-state index is 8.81. The fourth-order valence-electron chi connectivity index (χ4n) is 4.98. The summed E-state index contributed by atoms with van der Waals surface area (Å²) in [5, 5.41) is 8.81. The van der Waals surface area contributed by atoms with Crippen molar-refractivity contribution in [2.24, 2.45) is 5.92 Å². The van der Waals surface area contributed by atoms with Gasteiger partial charge in [0.2, 0.25) is 0 Å². The molecule has 2 aromatic rings. The van der Waals surface area contributed by atoms with Gasteiger partial charge >= 0.3 is 0 Å². The first kappa shape index (κ1) is 22.1. The molecule has 33 heavy (non-hydrogen) atoms. The Hall–Kier alpha value is -2.67. The lowest BCUT2D eigenvalue weighted by Gasteiger charge is -2.43. The number of anilines is 2. The van der Waals surface area contributed by atoms with Crippen LogP contribution >= 0.6 is 0 Å². The van der Waals surface area contributed by atoms with Crippen molar-refractivity contribution in [2.45, 2.75) is 70.6 Å². The summed E-state index contributed by atoms with van der Waals surface area (Å²) in [4.78, 5) is 13.9. The molecule has 0 spiro atoms. The van der Waals surface area contributed by atoms with Crippen molar-refractivity contribution in [1.82, 2.24) is 14.9 Å². The van der Waals surface area contributed by atoms with Crippen molar-refractivity contribution in [2.75, 3.05) is 30.3 Å². The van der Waals surface area contributed by atoms with Crippen LogP contribution in [0.4, 0.5) is 11.5 Å². The van der Waals surface area contributed by atoms with Gasteiger partial charge in [0.25, 0.3) is 0 Å². The Morgan fingerprint density at radius 1 is 1.24 bits per heavy atom. The average molecular weight is 449 g/mol. The number of hydrogen-bond acceptors (Lipinski definition) is 7. The molecule has 3 fully saturated rings. The number of nitrogens with zero attached hydrogens (tertiary/aromatic N) is 4. The molecule has 1 aromatic heterocycles. The summed E-state index contributed by atoms with van der Waals surface area (Å²) in [5.74, 6) is 2.58. The number of nitrogen functional groups attached to an aromatic ring is 1. The zero-order valence-electron chi connectivity index (χ0n) is 20.1. The van der Waals surface area contributed by atoms with Crippen LogP contribution in [-0.2, 0) is 0 Å². The smallest absolute Gasteiger partial charge is 0.132 e. The zero-order chi connectivity index (χ0) is 23.2. The molecule has 1 saturated heterocycles. The molecule has 0 radical (unpaired) electrons. The van der Waals surface area contributed by atoms with Crippen LogP contribution in [0.2, 0.25) is 0 Å². The number of nitrogens with one attached hydrogen (secondary N) is 1. The average Bonchev–Trinajstić information content (AvgIpc) is 3.74. The Morgan fingerprint density at radius 2 is 2.03 bits per heavy atom. The van der Waals surface area contributed by atoms with E-state index in [-0.39, 0.29) is 5.60 Å². The summed E-state index contributed by atoms with van der Waals surface area (Å²) < 4.78 is 6.08. The second kappa shape index (κ2) is 8.60. The number of aromatic nitrogens is 2. The summed E-state index contributed by atoms with van der Waals surface area (Å²) in [6, 6.07) is 8.60. The van der Waals surface area contributed by atoms with Crippen molar-refractivity contribution >= 4 is 17.2 Å². The van der Waals surface area contributed by atoms with Crippen LogP contribution in [0.3, 0.4) is 0 Å². The molecule has 2 saturated carbocycles. The van der Waals surface area contributed by atoms with Crippen molar-refractivity contribution in [1.29, 1.82) is 5.41 Å². The first-order valence-electron chi connectivity index (χ1n) is 12.3. The number of nitrogens with two attached hydrogens (primary N) is 1. The highest BCUT2D eigenvalue weighted by Gasteiger charge is 2.40. The van der Waals surface area contributed by atoms with Gasteiger partial charge in [0.1, 0.15) is 23.5 Å². The minimum Gasteiger partial charge on any atom is -0.488 e. The molecule has 3 N–H and O–H groups in total. The summed E-state index contributed by atoms with van der Waals surface area (Å²) >= 11 is 0. The van der Waals surface area contributed by atoms with Gasteiger partial charge in [0.15, 0.2) is 0 Å². The topological polar surface area (TPSA) is 91.4 Å². The van der Waals surface area contributed by atoms with Crippen LogP contribution in [0.25, 0.3) is 0 Å². The van der Waals surface area contributed by atoms with E-state index in [1.807, 2.05) is 24.3 Å². The summed E-state index contributed by atoms with van der Waals surface area (Å²) in [6.45, 7) is 9.71. The highest BCUT2D eigenvalue weighted by molar-refractivity contribution is 6.13. The van der Waals surface area contributed by atoms with Crippen LogP contribution in [0.1, 0.15) is 64.1 Å². The van der Waals surface area contributed by atoms with Crippen LogP contribution in [0.15, 0.2) is 30.6 Å². The van der Waals surface area contributed by atoms with E-state index >= 15 is 0 Å². The maximum absolute atomic E-state index is 8.81. The Labute approximate surface area is 196 Å². The third kappa shape index (κ3) is 4.98. The first-order chi connectivity index (χ1) is 15.8. The predicted molar refractivity (Wildman–Crippen MR) is 132 cm³/mol. The van der Waals surface area contributed by atoms with E-state index in [2.05, 4.69) is 40.5 Å². The standard InChI is InChI=1S/C26H36N6O/c1-17(12-19-4-5-19)32-11-10-31(15-18(32)2)24-14-23(29-16-30-24)25(28)21-13-20(6-7-22(21)27)33-26(3)8-9-26/h6-7,13-14,16-19,28H,4-5,8-12,15,27H2,1-3H3. The number of hydrogen-bond donors (Lipinski definition) is 2. The zero-order valence-corrected chi connectivity index (χ0v) is 20.1. The minimum absolute atomic E-state index is 0.0767. The normalized spacial score (nSPS) is 23.2. The van der Waals surface area contributed by atoms with Gasteiger partial charge in [-0.25, -0.2) is 9.97 Å². The quantitative estimate of drug-likeness (QED) is 0.467. The number of rotatable bonds is 8. The monoisotopic (exact) mass is 448 g/mol. The number of benzene rings is 1. The molecule has 1 aliphatic heterocycles. The molecule has 3 aliphatic rings. The molecule has 2 aliphatic carbocycles. The van der Waals surface area contributed by atoms with Gasteiger partial charge in [0, 0.05) is 49.0 Å². The molecule has 7 heteroatoms. The molecule has 2 unspecified atom stereocenters. The molecule has 7 nitrogen and oxygen atoms in total. The molecule has 5 rings (SSSR count). The van der Waals surface area contributed by atoms with Crippen molar-refractivity contribution in [3.63, 3.8) is 0 Å². The van der Waals surface area contributed by atoms with E-state index in [4.69, 9.17) is 15.9 Å². The fourth-order valence-corrected chi connectivity index (χ4v) is 4.98. The molecular formula is C26H36N6O. The summed E-state index contributed by atoms with van der Waals surface area (Å²) in [6.07, 6.45) is 7.83. The third-order valence-electron chi connectivity index (χ3n) is 7.46. The van der Waals surface area contributed by atoms with Crippen molar-refractivity contribution in [3.8, 4) is 5.75 Å². The lowest BCUT2D eigenvalue weighted by Crippen LogP contribution is -2.55. The lowest BCUT2D eigenvalue weighted by molar-refractivity contribution is 0.128. The van der Waals surface area contributed by atoms with Gasteiger partial charge < -0.3 is 15.4 Å². The molecule has 1 aromatic carbocycles. The summed E-state index contributed by atoms with van der Waals surface area (Å²) in [7, 11) is 0. The van der Waals surface area contributed by atoms with Gasteiger partial charge in [-0.2, -0.15) is 0 Å². The third-order valence-corrected chi connectivity index (χ3v) is 7.46. The largest absolute Gasteiger partial charge is 0.488 e. The molecular weight excluding hydrogens is 412 g/mol. The van der Waals surface area contributed by atoms with E-state index in [0.29, 0.717) is 34.7 Å². The van der Waals surface area contributed by atoms with E-state index in [9.17, 15) is 0 Å². The van der Waals surface area contributed by atoms with Gasteiger partial charge in [-0.1, -0.05) is 12.8 Å². The van der Waals surface area contributed by atoms with Gasteiger partial charge in [-0.05, 0) is 64.2 Å². The fraction of sp³-hybridized carbons (Fsp3) is 0.577. The number of ether oxygens (including phenoxy) is 1. The molecule has 0 bridgehead atoms. The Bertz CT molecular complexity index is 1030. The van der Waals surface area contributed by atoms with E-state index < -0.39 is 0 Å². The van der Waals surface area contributed by atoms with Gasteiger partial charge in [-0.3, -0.25) is 10.3 Å². The second-order valence-electron chi connectivity index (χ2n) is 10.5. The first-order valence-corrected chi connectivity index (χ1v) is 12.3. The Kier molecular flexibility index (Phi) is 5.77. The molecule has 176 valence electrons. The van der Waals surface area contributed by atoms with Gasteiger partial charge in [0.05, 0.1) is 11.4 Å². The van der Waals surface area contributed by atoms with Crippen molar-refractivity contribution < 1.29 is 4.74 Å². The molecule has 0 amide bonds. The second-order valence-corrected chi connectivity index (χ2v) is 10.5. The van der Waals surface area contributed by atoms with Crippen LogP contribution in [0.5, 0.6) is 5.75 Å². The summed E-state index contributed by atoms with van der Waals surface area (Å²) in [5.41, 5.74) is 8.24. The predicted octanol–water partition coefficient (Wildman–Crippen LogP) is 4.11. The minimum atomic E-state index is -0.0767. The van der Waals surface area contributed by atoms with E-state index in [1.165, 1.54) is 19.3 Å². The van der Waals surface area contributed by atoms with E-state index in [0.717, 1.165) is 50.0 Å².